The molecule has 1 aromatic carbocycles. The molecule has 0 spiro atoms. The number of aromatic nitrogens is 1. The Balaban J connectivity index is 1.91. The van der Waals surface area contributed by atoms with Gasteiger partial charge in [0.15, 0.2) is 10.9 Å². The highest BCUT2D eigenvalue weighted by molar-refractivity contribution is 7.14. The van der Waals surface area contributed by atoms with Gasteiger partial charge in [0.1, 0.15) is 5.76 Å². The van der Waals surface area contributed by atoms with E-state index in [0.717, 1.165) is 0 Å². The number of nitro groups is 1. The lowest BCUT2D eigenvalue weighted by molar-refractivity contribution is -0.384. The molecule has 0 saturated heterocycles. The third-order valence-corrected chi connectivity index (χ3v) is 4.33. The molecule has 0 unspecified atom stereocenters. The second-order valence-corrected chi connectivity index (χ2v) is 5.90. The first kappa shape index (κ1) is 15.9. The molecule has 0 aliphatic heterocycles. The SMILES string of the molecule is Cc1ccc(C(=O)N(C)c2nc(-c3ccccc3[N+](=O)[O-])cs2)o1. The predicted octanol–water partition coefficient (Wildman–Crippen LogP) is 3.90. The smallest absolute Gasteiger partial charge is 0.295 e. The van der Waals surface area contributed by atoms with Crippen LogP contribution >= 0.6 is 11.3 Å². The third kappa shape index (κ3) is 2.91. The van der Waals surface area contributed by atoms with Gasteiger partial charge in [-0.3, -0.25) is 19.8 Å². The van der Waals surface area contributed by atoms with Crippen LogP contribution in [0.1, 0.15) is 16.3 Å². The summed E-state index contributed by atoms with van der Waals surface area (Å²) in [6, 6.07) is 9.68. The largest absolute Gasteiger partial charge is 0.456 e. The lowest BCUT2D eigenvalue weighted by atomic mass is 10.1. The van der Waals surface area contributed by atoms with Crippen LogP contribution in [-0.2, 0) is 0 Å². The number of anilines is 1. The molecule has 0 radical (unpaired) electrons. The van der Waals surface area contributed by atoms with E-state index in [9.17, 15) is 14.9 Å². The van der Waals surface area contributed by atoms with E-state index in [1.807, 2.05) is 0 Å². The zero-order chi connectivity index (χ0) is 17.3. The zero-order valence-corrected chi connectivity index (χ0v) is 13.7. The Morgan fingerprint density at radius 2 is 2.04 bits per heavy atom. The number of rotatable bonds is 4. The lowest BCUT2D eigenvalue weighted by Gasteiger charge is -2.11. The van der Waals surface area contributed by atoms with E-state index in [-0.39, 0.29) is 17.4 Å². The quantitative estimate of drug-likeness (QED) is 0.529. The molecule has 0 atom stereocenters. The van der Waals surface area contributed by atoms with Gasteiger partial charge in [-0.2, -0.15) is 0 Å². The average molecular weight is 343 g/mol. The highest BCUT2D eigenvalue weighted by Crippen LogP contribution is 2.33. The van der Waals surface area contributed by atoms with Crippen LogP contribution in [0.2, 0.25) is 0 Å². The van der Waals surface area contributed by atoms with E-state index >= 15 is 0 Å². The Bertz CT molecular complexity index is 915. The molecule has 24 heavy (non-hydrogen) atoms. The molecule has 0 saturated carbocycles. The van der Waals surface area contributed by atoms with Crippen LogP contribution in [0.15, 0.2) is 46.2 Å². The van der Waals surface area contributed by atoms with Crippen molar-refractivity contribution >= 4 is 28.1 Å². The molecular weight excluding hydrogens is 330 g/mol. The van der Waals surface area contributed by atoms with Crippen LogP contribution in [0.25, 0.3) is 11.3 Å². The number of thiazole rings is 1. The summed E-state index contributed by atoms with van der Waals surface area (Å²) in [5.74, 6) is 0.537. The van der Waals surface area contributed by atoms with E-state index in [0.29, 0.717) is 22.1 Å². The maximum Gasteiger partial charge on any atom is 0.295 e. The number of hydrogen-bond acceptors (Lipinski definition) is 6. The minimum Gasteiger partial charge on any atom is -0.456 e. The Kier molecular flexibility index (Phi) is 4.13. The van der Waals surface area contributed by atoms with Gasteiger partial charge in [-0.25, -0.2) is 4.98 Å². The molecule has 0 aliphatic rings. The van der Waals surface area contributed by atoms with E-state index in [2.05, 4.69) is 4.98 Å². The van der Waals surface area contributed by atoms with Gasteiger partial charge in [0.25, 0.3) is 11.6 Å². The first-order valence-electron chi connectivity index (χ1n) is 7.01. The number of benzene rings is 1. The zero-order valence-electron chi connectivity index (χ0n) is 12.9. The maximum atomic E-state index is 12.4. The molecule has 2 aromatic heterocycles. The van der Waals surface area contributed by atoms with Gasteiger partial charge in [-0.05, 0) is 25.1 Å². The lowest BCUT2D eigenvalue weighted by Crippen LogP contribution is -2.25. The summed E-state index contributed by atoms with van der Waals surface area (Å²) in [6.45, 7) is 1.76. The number of furan rings is 1. The molecule has 2 heterocycles. The predicted molar refractivity (Wildman–Crippen MR) is 90.4 cm³/mol. The molecule has 7 nitrogen and oxygen atoms in total. The van der Waals surface area contributed by atoms with Crippen molar-refractivity contribution < 1.29 is 14.1 Å². The van der Waals surface area contributed by atoms with Gasteiger partial charge in [0, 0.05) is 18.5 Å². The molecule has 0 fully saturated rings. The number of nitro benzene ring substituents is 1. The summed E-state index contributed by atoms with van der Waals surface area (Å²) >= 11 is 1.23. The van der Waals surface area contributed by atoms with Gasteiger partial charge < -0.3 is 4.42 Å². The van der Waals surface area contributed by atoms with Crippen molar-refractivity contribution in [2.45, 2.75) is 6.92 Å². The number of nitrogens with zero attached hydrogens (tertiary/aromatic N) is 3. The van der Waals surface area contributed by atoms with Crippen LogP contribution < -0.4 is 4.90 Å². The Labute approximate surface area is 141 Å². The molecule has 0 bridgehead atoms. The second kappa shape index (κ2) is 6.25. The number of carbonyl (C=O) groups is 1. The van der Waals surface area contributed by atoms with E-state index in [1.165, 1.54) is 22.3 Å². The van der Waals surface area contributed by atoms with Gasteiger partial charge in [-0.1, -0.05) is 12.1 Å². The molecule has 0 N–H and O–H groups in total. The highest BCUT2D eigenvalue weighted by atomic mass is 32.1. The first-order chi connectivity index (χ1) is 11.5. The number of para-hydroxylation sites is 1. The summed E-state index contributed by atoms with van der Waals surface area (Å²) in [7, 11) is 1.59. The van der Waals surface area contributed by atoms with Crippen molar-refractivity contribution in [2.24, 2.45) is 0 Å². The molecule has 0 aliphatic carbocycles. The topological polar surface area (TPSA) is 89.5 Å². The molecule has 3 aromatic rings. The average Bonchev–Trinajstić information content (AvgIpc) is 3.22. The third-order valence-electron chi connectivity index (χ3n) is 3.41. The fraction of sp³-hybridized carbons (Fsp3) is 0.125. The minimum absolute atomic E-state index is 0.0232. The van der Waals surface area contributed by atoms with Crippen molar-refractivity contribution in [3.63, 3.8) is 0 Å². The van der Waals surface area contributed by atoms with Crippen LogP contribution in [0.3, 0.4) is 0 Å². The molecule has 1 amide bonds. The summed E-state index contributed by atoms with van der Waals surface area (Å²) in [5, 5.41) is 13.3. The van der Waals surface area contributed by atoms with Gasteiger partial charge in [0.05, 0.1) is 16.2 Å². The number of carbonyl (C=O) groups excluding carboxylic acids is 1. The summed E-state index contributed by atoms with van der Waals surface area (Å²) in [5.41, 5.74) is 0.849. The van der Waals surface area contributed by atoms with Crippen LogP contribution in [0.5, 0.6) is 0 Å². The van der Waals surface area contributed by atoms with Crippen LogP contribution in [0.4, 0.5) is 10.8 Å². The first-order valence-corrected chi connectivity index (χ1v) is 7.89. The number of amides is 1. The van der Waals surface area contributed by atoms with E-state index < -0.39 is 4.92 Å². The molecule has 122 valence electrons. The van der Waals surface area contributed by atoms with Gasteiger partial charge >= 0.3 is 0 Å². The van der Waals surface area contributed by atoms with Crippen LogP contribution in [-0.4, -0.2) is 22.9 Å². The van der Waals surface area contributed by atoms with Crippen molar-refractivity contribution in [1.82, 2.24) is 4.98 Å². The number of hydrogen-bond donors (Lipinski definition) is 0. The van der Waals surface area contributed by atoms with E-state index in [4.69, 9.17) is 4.42 Å². The van der Waals surface area contributed by atoms with Crippen molar-refractivity contribution in [3.05, 3.63) is 63.4 Å². The Hall–Kier alpha value is -3.00. The van der Waals surface area contributed by atoms with Gasteiger partial charge in [-0.15, -0.1) is 11.3 Å². The highest BCUT2D eigenvalue weighted by Gasteiger charge is 2.22. The van der Waals surface area contributed by atoms with E-state index in [1.54, 1.807) is 49.7 Å². The second-order valence-electron chi connectivity index (χ2n) is 5.06. The van der Waals surface area contributed by atoms with Crippen molar-refractivity contribution in [2.75, 3.05) is 11.9 Å². The maximum absolute atomic E-state index is 12.4. The summed E-state index contributed by atoms with van der Waals surface area (Å²) in [6.07, 6.45) is 0. The standard InChI is InChI=1S/C16H13N3O4S/c1-10-7-8-14(23-10)15(20)18(2)16-17-12(9-24-16)11-5-3-4-6-13(11)19(21)22/h3-9H,1-2H3. The number of aryl methyl sites for hydroxylation is 1. The Morgan fingerprint density at radius 1 is 1.29 bits per heavy atom. The summed E-state index contributed by atoms with van der Waals surface area (Å²) in [4.78, 5) is 28.8. The van der Waals surface area contributed by atoms with Gasteiger partial charge in [0.2, 0.25) is 0 Å². The minimum atomic E-state index is -0.450. The molecule has 3 rings (SSSR count). The van der Waals surface area contributed by atoms with Crippen LogP contribution in [0, 0.1) is 17.0 Å². The van der Waals surface area contributed by atoms with Crippen molar-refractivity contribution in [1.29, 1.82) is 0 Å². The summed E-state index contributed by atoms with van der Waals surface area (Å²) < 4.78 is 5.33. The Morgan fingerprint density at radius 3 is 2.71 bits per heavy atom. The normalized spacial score (nSPS) is 10.6. The molecule has 8 heteroatoms. The van der Waals surface area contributed by atoms with Crippen molar-refractivity contribution in [3.8, 4) is 11.3 Å². The fourth-order valence-electron chi connectivity index (χ4n) is 2.19. The molecular formula is C16H13N3O4S. The fourth-order valence-corrected chi connectivity index (χ4v) is 2.98. The monoisotopic (exact) mass is 343 g/mol.